The van der Waals surface area contributed by atoms with Crippen LogP contribution in [0.2, 0.25) is 5.02 Å². The first-order valence-electron chi connectivity index (χ1n) is 8.66. The molecular weight excluding hydrogens is 424 g/mol. The Hall–Kier alpha value is -3.60. The smallest absolute Gasteiger partial charge is 0.339 e. The van der Waals surface area contributed by atoms with Crippen LogP contribution in [-0.2, 0) is 14.9 Å². The van der Waals surface area contributed by atoms with Crippen molar-refractivity contribution in [2.45, 2.75) is 4.90 Å². The molecule has 150 valence electrons. The number of amides is 1. The summed E-state index contributed by atoms with van der Waals surface area (Å²) in [6, 6.07) is 22.2. The number of anilines is 1. The Kier molecular flexibility index (Phi) is 6.52. The summed E-state index contributed by atoms with van der Waals surface area (Å²) in [6.07, 6.45) is 1.35. The minimum absolute atomic E-state index is 0.0412. The van der Waals surface area contributed by atoms with E-state index >= 15 is 0 Å². The number of hydrogen-bond acceptors (Lipinski definition) is 5. The van der Waals surface area contributed by atoms with Crippen molar-refractivity contribution in [2.75, 3.05) is 5.32 Å². The molecule has 0 unspecified atom stereocenters. The lowest BCUT2D eigenvalue weighted by Crippen LogP contribution is -2.13. The second kappa shape index (κ2) is 9.27. The number of nitrogens with one attached hydrogen (secondary N) is 1. The molecule has 1 N–H and O–H groups in total. The largest absolute Gasteiger partial charge is 0.379 e. The van der Waals surface area contributed by atoms with Crippen LogP contribution in [0.5, 0.6) is 5.75 Å². The molecule has 0 aromatic heterocycles. The summed E-state index contributed by atoms with van der Waals surface area (Å²) >= 11 is 5.78. The number of halogens is 1. The zero-order chi connectivity index (χ0) is 21.6. The molecule has 0 spiro atoms. The highest BCUT2D eigenvalue weighted by molar-refractivity contribution is 7.87. The number of nitriles is 1. The van der Waals surface area contributed by atoms with Crippen molar-refractivity contribution < 1.29 is 17.4 Å². The maximum absolute atomic E-state index is 12.4. The molecule has 0 fully saturated rings. The van der Waals surface area contributed by atoms with E-state index in [9.17, 15) is 18.5 Å². The number of carbonyl (C=O) groups excluding carboxylic acids is 1. The zero-order valence-corrected chi connectivity index (χ0v) is 17.0. The van der Waals surface area contributed by atoms with Gasteiger partial charge >= 0.3 is 10.1 Å². The number of carbonyl (C=O) groups is 1. The van der Waals surface area contributed by atoms with Gasteiger partial charge in [0.1, 0.15) is 22.3 Å². The monoisotopic (exact) mass is 438 g/mol. The summed E-state index contributed by atoms with van der Waals surface area (Å²) in [4.78, 5) is 12.3. The normalized spacial score (nSPS) is 11.4. The Labute approximate surface area is 179 Å². The topological polar surface area (TPSA) is 96.3 Å². The van der Waals surface area contributed by atoms with Gasteiger partial charge in [-0.3, -0.25) is 4.79 Å². The quantitative estimate of drug-likeness (QED) is 0.343. The van der Waals surface area contributed by atoms with Crippen LogP contribution < -0.4 is 9.50 Å². The summed E-state index contributed by atoms with van der Waals surface area (Å²) in [5.74, 6) is -0.539. The van der Waals surface area contributed by atoms with Crippen molar-refractivity contribution in [2.24, 2.45) is 0 Å². The van der Waals surface area contributed by atoms with Crippen LogP contribution in [0.3, 0.4) is 0 Å². The Balaban J connectivity index is 1.80. The van der Waals surface area contributed by atoms with E-state index in [-0.39, 0.29) is 16.2 Å². The van der Waals surface area contributed by atoms with E-state index in [0.29, 0.717) is 16.3 Å². The van der Waals surface area contributed by atoms with Gasteiger partial charge in [0, 0.05) is 10.7 Å². The molecule has 0 saturated carbocycles. The molecule has 0 aliphatic rings. The van der Waals surface area contributed by atoms with Crippen molar-refractivity contribution in [3.8, 4) is 11.8 Å². The first-order chi connectivity index (χ1) is 14.4. The van der Waals surface area contributed by atoms with Crippen LogP contribution in [0.4, 0.5) is 5.69 Å². The van der Waals surface area contributed by atoms with Gasteiger partial charge in [0.2, 0.25) is 0 Å². The van der Waals surface area contributed by atoms with E-state index in [4.69, 9.17) is 15.8 Å². The second-order valence-electron chi connectivity index (χ2n) is 6.05. The molecule has 0 atom stereocenters. The number of benzene rings is 3. The fourth-order valence-electron chi connectivity index (χ4n) is 2.47. The third-order valence-corrected chi connectivity index (χ3v) is 5.39. The van der Waals surface area contributed by atoms with Crippen molar-refractivity contribution in [1.29, 1.82) is 5.26 Å². The van der Waals surface area contributed by atoms with Crippen LogP contribution in [0, 0.1) is 11.3 Å². The molecule has 0 saturated heterocycles. The third kappa shape index (κ3) is 5.47. The minimum Gasteiger partial charge on any atom is -0.379 e. The molecule has 0 heterocycles. The first-order valence-corrected chi connectivity index (χ1v) is 10.4. The lowest BCUT2D eigenvalue weighted by Gasteiger charge is -2.08. The van der Waals surface area contributed by atoms with Crippen LogP contribution >= 0.6 is 11.6 Å². The Morgan fingerprint density at radius 1 is 1.00 bits per heavy atom. The summed E-state index contributed by atoms with van der Waals surface area (Å²) in [6.45, 7) is 0. The maximum Gasteiger partial charge on any atom is 0.339 e. The van der Waals surface area contributed by atoms with Crippen LogP contribution in [0.1, 0.15) is 5.56 Å². The van der Waals surface area contributed by atoms with E-state index in [1.807, 2.05) is 6.07 Å². The average Bonchev–Trinajstić information content (AvgIpc) is 2.73. The highest BCUT2D eigenvalue weighted by Gasteiger charge is 2.17. The number of para-hydroxylation sites is 1. The average molecular weight is 439 g/mol. The van der Waals surface area contributed by atoms with Gasteiger partial charge in [0.25, 0.3) is 5.91 Å². The van der Waals surface area contributed by atoms with Crippen molar-refractivity contribution in [1.82, 2.24) is 0 Å². The van der Waals surface area contributed by atoms with E-state index < -0.39 is 16.0 Å². The highest BCUT2D eigenvalue weighted by atomic mass is 35.5. The molecule has 0 bridgehead atoms. The van der Waals surface area contributed by atoms with Gasteiger partial charge in [0.15, 0.2) is 0 Å². The SMILES string of the molecule is N#C/C(=C/c1cccc(OS(=O)(=O)c2ccc(Cl)cc2)c1)C(=O)Nc1ccccc1. The molecular formula is C22H15ClN2O4S. The van der Waals surface area contributed by atoms with E-state index in [1.165, 1.54) is 42.5 Å². The predicted octanol–water partition coefficient (Wildman–Crippen LogP) is 4.65. The van der Waals surface area contributed by atoms with Gasteiger partial charge < -0.3 is 9.50 Å². The molecule has 0 radical (unpaired) electrons. The standard InChI is InChI=1S/C22H15ClN2O4S/c23-18-9-11-21(12-10-18)30(27,28)29-20-8-4-5-16(14-20)13-17(15-24)22(26)25-19-6-2-1-3-7-19/h1-14H,(H,25,26)/b17-13-. The van der Waals surface area contributed by atoms with Crippen LogP contribution in [-0.4, -0.2) is 14.3 Å². The fraction of sp³-hybridized carbons (Fsp3) is 0. The first kappa shape index (κ1) is 21.1. The van der Waals surface area contributed by atoms with E-state index in [2.05, 4.69) is 5.32 Å². The zero-order valence-electron chi connectivity index (χ0n) is 15.4. The van der Waals surface area contributed by atoms with Gasteiger partial charge in [-0.15, -0.1) is 0 Å². The number of rotatable bonds is 6. The molecule has 6 nitrogen and oxygen atoms in total. The van der Waals surface area contributed by atoms with Crippen molar-refractivity contribution in [3.05, 3.63) is 95.0 Å². The van der Waals surface area contributed by atoms with Crippen LogP contribution in [0.25, 0.3) is 6.08 Å². The molecule has 3 rings (SSSR count). The predicted molar refractivity (Wildman–Crippen MR) is 114 cm³/mol. The fourth-order valence-corrected chi connectivity index (χ4v) is 3.52. The van der Waals surface area contributed by atoms with Gasteiger partial charge in [-0.1, -0.05) is 41.9 Å². The van der Waals surface area contributed by atoms with Gasteiger partial charge in [-0.2, -0.15) is 13.7 Å². The maximum atomic E-state index is 12.4. The Morgan fingerprint density at radius 2 is 1.70 bits per heavy atom. The number of hydrogen-bond donors (Lipinski definition) is 1. The van der Waals surface area contributed by atoms with E-state index in [1.54, 1.807) is 42.5 Å². The second-order valence-corrected chi connectivity index (χ2v) is 8.04. The molecule has 1 amide bonds. The minimum atomic E-state index is -4.06. The van der Waals surface area contributed by atoms with Crippen LogP contribution in [0.15, 0.2) is 89.3 Å². The van der Waals surface area contributed by atoms with E-state index in [0.717, 1.165) is 0 Å². The summed E-state index contributed by atoms with van der Waals surface area (Å²) in [5, 5.41) is 12.4. The van der Waals surface area contributed by atoms with Gasteiger partial charge in [-0.05, 0) is 60.2 Å². The van der Waals surface area contributed by atoms with Gasteiger partial charge in [-0.25, -0.2) is 0 Å². The summed E-state index contributed by atoms with van der Waals surface area (Å²) in [5.41, 5.74) is 0.838. The molecule has 3 aromatic carbocycles. The Morgan fingerprint density at radius 3 is 2.37 bits per heavy atom. The van der Waals surface area contributed by atoms with Gasteiger partial charge in [0.05, 0.1) is 0 Å². The highest BCUT2D eigenvalue weighted by Crippen LogP contribution is 2.22. The van der Waals surface area contributed by atoms with Crippen molar-refractivity contribution in [3.63, 3.8) is 0 Å². The molecule has 30 heavy (non-hydrogen) atoms. The lowest BCUT2D eigenvalue weighted by atomic mass is 10.1. The lowest BCUT2D eigenvalue weighted by molar-refractivity contribution is -0.112. The molecule has 3 aromatic rings. The Bertz CT molecular complexity index is 1230. The van der Waals surface area contributed by atoms with Crippen molar-refractivity contribution >= 4 is 39.4 Å². The summed E-state index contributed by atoms with van der Waals surface area (Å²) < 4.78 is 30.0. The third-order valence-electron chi connectivity index (χ3n) is 3.87. The summed E-state index contributed by atoms with van der Waals surface area (Å²) in [7, 11) is -4.06. The molecule has 0 aliphatic carbocycles. The molecule has 0 aliphatic heterocycles. The molecule has 8 heteroatoms. The number of nitrogens with zero attached hydrogens (tertiary/aromatic N) is 1.